The number of aromatic nitrogens is 1. The van der Waals surface area contributed by atoms with Crippen molar-refractivity contribution in [2.24, 2.45) is 0 Å². The first kappa shape index (κ1) is 13.1. The smallest absolute Gasteiger partial charge is 0.0379 e. The van der Waals surface area contributed by atoms with E-state index in [0.717, 1.165) is 19.3 Å². The van der Waals surface area contributed by atoms with Crippen LogP contribution >= 0.6 is 11.6 Å². The standard InChI is InChI=1S/C16H18ClN/c1-13-2-4-14(5-3-13)6-7-16(17)12-15-8-10-18-11-9-15/h2-5,8-11,16H,6-7,12H2,1H3. The van der Waals surface area contributed by atoms with Crippen molar-refractivity contribution >= 4 is 11.6 Å². The minimum Gasteiger partial charge on any atom is -0.265 e. The Morgan fingerprint density at radius 1 is 1.00 bits per heavy atom. The summed E-state index contributed by atoms with van der Waals surface area (Å²) in [5.41, 5.74) is 3.92. The highest BCUT2D eigenvalue weighted by Gasteiger charge is 2.06. The molecule has 1 unspecified atom stereocenters. The van der Waals surface area contributed by atoms with Crippen LogP contribution in [-0.4, -0.2) is 10.4 Å². The molecule has 0 N–H and O–H groups in total. The van der Waals surface area contributed by atoms with Gasteiger partial charge in [0.15, 0.2) is 0 Å². The minimum atomic E-state index is 0.189. The fourth-order valence-corrected chi connectivity index (χ4v) is 2.24. The fourth-order valence-electron chi connectivity index (χ4n) is 1.95. The molecule has 0 fully saturated rings. The largest absolute Gasteiger partial charge is 0.265 e. The maximum Gasteiger partial charge on any atom is 0.0379 e. The van der Waals surface area contributed by atoms with E-state index in [2.05, 4.69) is 36.2 Å². The van der Waals surface area contributed by atoms with Gasteiger partial charge in [-0.3, -0.25) is 4.98 Å². The van der Waals surface area contributed by atoms with E-state index in [1.54, 1.807) is 0 Å². The summed E-state index contributed by atoms with van der Waals surface area (Å²) in [5, 5.41) is 0.189. The number of pyridine rings is 1. The van der Waals surface area contributed by atoms with Crippen molar-refractivity contribution in [1.29, 1.82) is 0 Å². The number of halogens is 1. The molecule has 0 saturated heterocycles. The lowest BCUT2D eigenvalue weighted by atomic mass is 10.0. The van der Waals surface area contributed by atoms with Crippen LogP contribution in [0.1, 0.15) is 23.1 Å². The summed E-state index contributed by atoms with van der Waals surface area (Å²) in [4.78, 5) is 4.01. The van der Waals surface area contributed by atoms with Crippen LogP contribution in [0.15, 0.2) is 48.8 Å². The summed E-state index contributed by atoms with van der Waals surface area (Å²) in [6.45, 7) is 2.11. The Morgan fingerprint density at radius 3 is 2.33 bits per heavy atom. The Bertz CT molecular complexity index is 464. The van der Waals surface area contributed by atoms with E-state index in [1.165, 1.54) is 16.7 Å². The van der Waals surface area contributed by atoms with Gasteiger partial charge in [-0.15, -0.1) is 11.6 Å². The van der Waals surface area contributed by atoms with Crippen molar-refractivity contribution in [3.05, 3.63) is 65.5 Å². The number of nitrogens with zero attached hydrogens (tertiary/aromatic N) is 1. The topological polar surface area (TPSA) is 12.9 Å². The van der Waals surface area contributed by atoms with Crippen LogP contribution in [0.25, 0.3) is 0 Å². The molecule has 2 rings (SSSR count). The molecule has 0 bridgehead atoms. The molecule has 0 spiro atoms. The Hall–Kier alpha value is -1.34. The molecule has 2 heteroatoms. The summed E-state index contributed by atoms with van der Waals surface area (Å²) in [6, 6.07) is 12.7. The summed E-state index contributed by atoms with van der Waals surface area (Å²) in [7, 11) is 0. The van der Waals surface area contributed by atoms with Crippen molar-refractivity contribution in [2.75, 3.05) is 0 Å². The number of alkyl halides is 1. The van der Waals surface area contributed by atoms with Crippen molar-refractivity contribution in [3.63, 3.8) is 0 Å². The van der Waals surface area contributed by atoms with Gasteiger partial charge in [-0.2, -0.15) is 0 Å². The van der Waals surface area contributed by atoms with E-state index in [1.807, 2.05) is 24.5 Å². The van der Waals surface area contributed by atoms with Gasteiger partial charge in [0.1, 0.15) is 0 Å². The third kappa shape index (κ3) is 4.15. The average molecular weight is 260 g/mol. The van der Waals surface area contributed by atoms with Crippen LogP contribution in [0.5, 0.6) is 0 Å². The van der Waals surface area contributed by atoms with Crippen LogP contribution in [0, 0.1) is 6.92 Å². The van der Waals surface area contributed by atoms with E-state index >= 15 is 0 Å². The highest BCUT2D eigenvalue weighted by molar-refractivity contribution is 6.20. The van der Waals surface area contributed by atoms with E-state index in [0.29, 0.717) is 0 Å². The maximum atomic E-state index is 6.38. The normalized spacial score (nSPS) is 12.3. The zero-order chi connectivity index (χ0) is 12.8. The highest BCUT2D eigenvalue weighted by Crippen LogP contribution is 2.14. The first-order chi connectivity index (χ1) is 8.74. The number of aryl methyl sites for hydroxylation is 2. The molecule has 1 heterocycles. The maximum absolute atomic E-state index is 6.38. The Labute approximate surface area is 114 Å². The molecular formula is C16H18ClN. The monoisotopic (exact) mass is 259 g/mol. The molecule has 18 heavy (non-hydrogen) atoms. The van der Waals surface area contributed by atoms with Crippen LogP contribution < -0.4 is 0 Å². The number of hydrogen-bond donors (Lipinski definition) is 0. The number of rotatable bonds is 5. The predicted octanol–water partition coefficient (Wildman–Crippen LogP) is 4.17. The van der Waals surface area contributed by atoms with Crippen LogP contribution in [0.4, 0.5) is 0 Å². The second kappa shape index (κ2) is 6.55. The quantitative estimate of drug-likeness (QED) is 0.735. The number of benzene rings is 1. The first-order valence-electron chi connectivity index (χ1n) is 6.32. The van der Waals surface area contributed by atoms with Crippen molar-refractivity contribution in [1.82, 2.24) is 4.98 Å². The fraction of sp³-hybridized carbons (Fsp3) is 0.312. The third-order valence-electron chi connectivity index (χ3n) is 3.07. The van der Waals surface area contributed by atoms with E-state index in [4.69, 9.17) is 11.6 Å². The van der Waals surface area contributed by atoms with Gasteiger partial charge in [-0.05, 0) is 49.4 Å². The summed E-state index contributed by atoms with van der Waals surface area (Å²) in [5.74, 6) is 0. The van der Waals surface area contributed by atoms with Gasteiger partial charge in [-0.25, -0.2) is 0 Å². The van der Waals surface area contributed by atoms with Crippen LogP contribution in [0.3, 0.4) is 0 Å². The molecule has 0 aliphatic heterocycles. The van der Waals surface area contributed by atoms with E-state index < -0.39 is 0 Å². The van der Waals surface area contributed by atoms with E-state index in [-0.39, 0.29) is 5.38 Å². The molecule has 1 atom stereocenters. The lowest BCUT2D eigenvalue weighted by Crippen LogP contribution is -2.05. The predicted molar refractivity (Wildman–Crippen MR) is 77.1 cm³/mol. The molecule has 0 aliphatic rings. The Morgan fingerprint density at radius 2 is 1.67 bits per heavy atom. The van der Waals surface area contributed by atoms with Crippen LogP contribution in [-0.2, 0) is 12.8 Å². The lowest BCUT2D eigenvalue weighted by molar-refractivity contribution is 0.743. The van der Waals surface area contributed by atoms with E-state index in [9.17, 15) is 0 Å². The van der Waals surface area contributed by atoms with Gasteiger partial charge in [0.25, 0.3) is 0 Å². The molecular weight excluding hydrogens is 242 g/mol. The second-order valence-electron chi connectivity index (χ2n) is 4.68. The van der Waals surface area contributed by atoms with Crippen molar-refractivity contribution in [2.45, 2.75) is 31.6 Å². The van der Waals surface area contributed by atoms with Crippen molar-refractivity contribution in [3.8, 4) is 0 Å². The molecule has 0 amide bonds. The zero-order valence-corrected chi connectivity index (χ0v) is 11.4. The highest BCUT2D eigenvalue weighted by atomic mass is 35.5. The zero-order valence-electron chi connectivity index (χ0n) is 10.6. The average Bonchev–Trinajstić information content (AvgIpc) is 2.39. The summed E-state index contributed by atoms with van der Waals surface area (Å²) in [6.07, 6.45) is 6.60. The molecule has 0 aliphatic carbocycles. The Kier molecular flexibility index (Phi) is 4.77. The molecule has 94 valence electrons. The van der Waals surface area contributed by atoms with Gasteiger partial charge < -0.3 is 0 Å². The van der Waals surface area contributed by atoms with Crippen LogP contribution in [0.2, 0.25) is 0 Å². The van der Waals surface area contributed by atoms with Crippen molar-refractivity contribution < 1.29 is 0 Å². The molecule has 1 aromatic carbocycles. The first-order valence-corrected chi connectivity index (χ1v) is 6.76. The van der Waals surface area contributed by atoms with Gasteiger partial charge in [0, 0.05) is 17.8 Å². The minimum absolute atomic E-state index is 0.189. The SMILES string of the molecule is Cc1ccc(CCC(Cl)Cc2ccncc2)cc1. The lowest BCUT2D eigenvalue weighted by Gasteiger charge is -2.09. The number of hydrogen-bond acceptors (Lipinski definition) is 1. The molecule has 1 nitrogen and oxygen atoms in total. The molecule has 2 aromatic rings. The van der Waals surface area contributed by atoms with Gasteiger partial charge in [0.2, 0.25) is 0 Å². The second-order valence-corrected chi connectivity index (χ2v) is 5.30. The Balaban J connectivity index is 1.81. The molecule has 0 saturated carbocycles. The van der Waals surface area contributed by atoms with Gasteiger partial charge in [-0.1, -0.05) is 29.8 Å². The molecule has 0 radical (unpaired) electrons. The summed E-state index contributed by atoms with van der Waals surface area (Å²) < 4.78 is 0. The van der Waals surface area contributed by atoms with Gasteiger partial charge in [0.05, 0.1) is 0 Å². The molecule has 1 aromatic heterocycles. The summed E-state index contributed by atoms with van der Waals surface area (Å²) >= 11 is 6.38. The van der Waals surface area contributed by atoms with Gasteiger partial charge >= 0.3 is 0 Å². The third-order valence-corrected chi connectivity index (χ3v) is 3.45.